The number of anilines is 2. The van der Waals surface area contributed by atoms with E-state index in [0.717, 1.165) is 23.2 Å². The molecule has 0 aromatic heterocycles. The van der Waals surface area contributed by atoms with Gasteiger partial charge in [-0.3, -0.25) is 4.79 Å². The molecule has 1 aliphatic carbocycles. The molecule has 1 amide bonds. The van der Waals surface area contributed by atoms with E-state index in [9.17, 15) is 4.79 Å². The Bertz CT molecular complexity index is 679. The molecule has 2 aromatic carbocycles. The van der Waals surface area contributed by atoms with Gasteiger partial charge in [0.1, 0.15) is 0 Å². The lowest BCUT2D eigenvalue weighted by molar-refractivity contribution is -0.117. The molecular weight excluding hydrogens is 260 g/mol. The molecule has 0 bridgehead atoms. The SMILES string of the molecule is Cc1cc(C)c(NC(=O)C2CC2c2ccccc2)cc1N. The third-order valence-corrected chi connectivity index (χ3v) is 4.23. The molecule has 0 spiro atoms. The van der Waals surface area contributed by atoms with Crippen LogP contribution in [0.2, 0.25) is 0 Å². The number of aryl methyl sites for hydroxylation is 2. The smallest absolute Gasteiger partial charge is 0.228 e. The first-order valence-electron chi connectivity index (χ1n) is 7.29. The Morgan fingerprint density at radius 2 is 1.86 bits per heavy atom. The van der Waals surface area contributed by atoms with Crippen molar-refractivity contribution >= 4 is 17.3 Å². The van der Waals surface area contributed by atoms with Crippen molar-refractivity contribution in [2.75, 3.05) is 11.1 Å². The van der Waals surface area contributed by atoms with Crippen LogP contribution in [0.15, 0.2) is 42.5 Å². The van der Waals surface area contributed by atoms with Crippen LogP contribution in [0.4, 0.5) is 11.4 Å². The zero-order valence-corrected chi connectivity index (χ0v) is 12.4. The topological polar surface area (TPSA) is 55.1 Å². The number of nitrogens with two attached hydrogens (primary N) is 1. The first-order valence-corrected chi connectivity index (χ1v) is 7.29. The highest BCUT2D eigenvalue weighted by atomic mass is 16.2. The molecule has 0 saturated heterocycles. The molecule has 1 fully saturated rings. The second-order valence-corrected chi connectivity index (χ2v) is 5.87. The normalized spacial score (nSPS) is 20.1. The quantitative estimate of drug-likeness (QED) is 0.844. The molecule has 0 radical (unpaired) electrons. The molecule has 3 heteroatoms. The van der Waals surface area contributed by atoms with E-state index in [2.05, 4.69) is 17.4 Å². The van der Waals surface area contributed by atoms with Crippen molar-refractivity contribution in [2.24, 2.45) is 5.92 Å². The van der Waals surface area contributed by atoms with Crippen molar-refractivity contribution in [2.45, 2.75) is 26.2 Å². The lowest BCUT2D eigenvalue weighted by atomic mass is 10.1. The highest BCUT2D eigenvalue weighted by Crippen LogP contribution is 2.48. The molecular formula is C18H20N2O. The molecule has 0 aliphatic heterocycles. The maximum absolute atomic E-state index is 12.4. The van der Waals surface area contributed by atoms with Gasteiger partial charge in [0.25, 0.3) is 0 Å². The number of nitrogens with one attached hydrogen (secondary N) is 1. The van der Waals surface area contributed by atoms with Crippen molar-refractivity contribution in [3.63, 3.8) is 0 Å². The average molecular weight is 280 g/mol. The number of hydrogen-bond donors (Lipinski definition) is 2. The van der Waals surface area contributed by atoms with Gasteiger partial charge in [-0.15, -0.1) is 0 Å². The summed E-state index contributed by atoms with van der Waals surface area (Å²) in [7, 11) is 0. The van der Waals surface area contributed by atoms with E-state index in [4.69, 9.17) is 5.73 Å². The molecule has 2 aromatic rings. The molecule has 0 heterocycles. The van der Waals surface area contributed by atoms with Crippen molar-refractivity contribution in [1.29, 1.82) is 0 Å². The average Bonchev–Trinajstić information content (AvgIpc) is 3.26. The van der Waals surface area contributed by atoms with Gasteiger partial charge < -0.3 is 11.1 Å². The van der Waals surface area contributed by atoms with Gasteiger partial charge in [0.15, 0.2) is 0 Å². The summed E-state index contributed by atoms with van der Waals surface area (Å²) in [6.07, 6.45) is 0.927. The maximum atomic E-state index is 12.4. The number of carbonyl (C=O) groups excluding carboxylic acids is 1. The molecule has 3 rings (SSSR count). The van der Waals surface area contributed by atoms with Crippen LogP contribution in [0.5, 0.6) is 0 Å². The minimum absolute atomic E-state index is 0.0781. The Morgan fingerprint density at radius 3 is 2.57 bits per heavy atom. The van der Waals surface area contributed by atoms with Crippen LogP contribution in [0.1, 0.15) is 29.0 Å². The molecule has 1 aliphatic rings. The lowest BCUT2D eigenvalue weighted by Gasteiger charge is -2.11. The van der Waals surface area contributed by atoms with Crippen LogP contribution in [0, 0.1) is 19.8 Å². The summed E-state index contributed by atoms with van der Waals surface area (Å²) in [5.41, 5.74) is 10.8. The first kappa shape index (κ1) is 13.7. The fourth-order valence-electron chi connectivity index (χ4n) is 2.78. The van der Waals surface area contributed by atoms with Crippen molar-refractivity contribution in [3.05, 3.63) is 59.2 Å². The van der Waals surface area contributed by atoms with Crippen molar-refractivity contribution in [3.8, 4) is 0 Å². The van der Waals surface area contributed by atoms with E-state index in [1.165, 1.54) is 5.56 Å². The summed E-state index contributed by atoms with van der Waals surface area (Å²) >= 11 is 0. The Hall–Kier alpha value is -2.29. The van der Waals surface area contributed by atoms with Crippen LogP contribution in [0.25, 0.3) is 0 Å². The highest BCUT2D eigenvalue weighted by molar-refractivity contribution is 5.96. The Balaban J connectivity index is 1.70. The van der Waals surface area contributed by atoms with Crippen LogP contribution in [0.3, 0.4) is 0 Å². The highest BCUT2D eigenvalue weighted by Gasteiger charge is 2.43. The van der Waals surface area contributed by atoms with Crippen LogP contribution in [-0.4, -0.2) is 5.91 Å². The van der Waals surface area contributed by atoms with Gasteiger partial charge in [-0.25, -0.2) is 0 Å². The zero-order valence-electron chi connectivity index (χ0n) is 12.4. The van der Waals surface area contributed by atoms with E-state index in [1.807, 2.05) is 44.2 Å². The standard InChI is InChI=1S/C18H20N2O/c1-11-8-12(2)17(10-16(11)19)20-18(21)15-9-14(15)13-6-4-3-5-7-13/h3-8,10,14-15H,9,19H2,1-2H3,(H,20,21). The van der Waals surface area contributed by atoms with Crippen molar-refractivity contribution < 1.29 is 4.79 Å². The fraction of sp³-hybridized carbons (Fsp3) is 0.278. The van der Waals surface area contributed by atoms with E-state index in [1.54, 1.807) is 0 Å². The largest absolute Gasteiger partial charge is 0.398 e. The molecule has 3 N–H and O–H groups in total. The molecule has 3 nitrogen and oxygen atoms in total. The van der Waals surface area contributed by atoms with Gasteiger partial charge in [0.2, 0.25) is 5.91 Å². The van der Waals surface area contributed by atoms with Gasteiger partial charge in [0.05, 0.1) is 0 Å². The number of carbonyl (C=O) groups is 1. The fourth-order valence-corrected chi connectivity index (χ4v) is 2.78. The summed E-state index contributed by atoms with van der Waals surface area (Å²) in [5.74, 6) is 0.527. The maximum Gasteiger partial charge on any atom is 0.228 e. The predicted octanol–water partition coefficient (Wildman–Crippen LogP) is 3.63. The van der Waals surface area contributed by atoms with Gasteiger partial charge in [-0.2, -0.15) is 0 Å². The molecule has 21 heavy (non-hydrogen) atoms. The summed E-state index contributed by atoms with van der Waals surface area (Å²) in [6, 6.07) is 14.1. The minimum atomic E-state index is 0.0781. The number of benzene rings is 2. The van der Waals surface area contributed by atoms with Crippen molar-refractivity contribution in [1.82, 2.24) is 0 Å². The van der Waals surface area contributed by atoms with Gasteiger partial charge in [0, 0.05) is 17.3 Å². The van der Waals surface area contributed by atoms with Crippen LogP contribution in [-0.2, 0) is 4.79 Å². The van der Waals surface area contributed by atoms with Gasteiger partial charge in [-0.05, 0) is 48.9 Å². The van der Waals surface area contributed by atoms with E-state index in [0.29, 0.717) is 11.6 Å². The Morgan fingerprint density at radius 1 is 1.14 bits per heavy atom. The molecule has 2 atom stereocenters. The summed E-state index contributed by atoms with van der Waals surface area (Å²) in [5, 5.41) is 3.02. The Labute approximate surface area is 125 Å². The van der Waals surface area contributed by atoms with E-state index in [-0.39, 0.29) is 11.8 Å². The number of rotatable bonds is 3. The second-order valence-electron chi connectivity index (χ2n) is 5.87. The summed E-state index contributed by atoms with van der Waals surface area (Å²) in [4.78, 5) is 12.4. The predicted molar refractivity (Wildman–Crippen MR) is 86.2 cm³/mol. The van der Waals surface area contributed by atoms with E-state index >= 15 is 0 Å². The second kappa shape index (κ2) is 5.24. The van der Waals surface area contributed by atoms with Crippen LogP contribution < -0.4 is 11.1 Å². The van der Waals surface area contributed by atoms with Gasteiger partial charge in [-0.1, -0.05) is 36.4 Å². The molecule has 1 saturated carbocycles. The summed E-state index contributed by atoms with van der Waals surface area (Å²) in [6.45, 7) is 3.96. The molecule has 108 valence electrons. The molecule has 2 unspecified atom stereocenters. The lowest BCUT2D eigenvalue weighted by Crippen LogP contribution is -2.15. The first-order chi connectivity index (χ1) is 10.1. The zero-order chi connectivity index (χ0) is 15.0. The minimum Gasteiger partial charge on any atom is -0.398 e. The number of amides is 1. The van der Waals surface area contributed by atoms with Gasteiger partial charge >= 0.3 is 0 Å². The Kier molecular flexibility index (Phi) is 3.42. The third kappa shape index (κ3) is 2.77. The number of hydrogen-bond acceptors (Lipinski definition) is 2. The van der Waals surface area contributed by atoms with Crippen LogP contribution >= 0.6 is 0 Å². The monoisotopic (exact) mass is 280 g/mol. The third-order valence-electron chi connectivity index (χ3n) is 4.23. The number of nitrogen functional groups attached to an aromatic ring is 1. The van der Waals surface area contributed by atoms with E-state index < -0.39 is 0 Å². The summed E-state index contributed by atoms with van der Waals surface area (Å²) < 4.78 is 0.